The molecule has 2 heterocycles. The average molecular weight is 578 g/mol. The number of carbonyl (C=O) groups excluding carboxylic acids is 2. The SMILES string of the molecule is Cc1ccc2cc3n(c2c1)C[C@@](C(=O)NC1CCCCCCC1)(c1ccccc1)N(Cc1ccc(OC(C)C)cc1)C3=O. The molecule has 1 atom stereocenters. The van der Waals surface area contributed by atoms with Gasteiger partial charge in [-0.2, -0.15) is 0 Å². The van der Waals surface area contributed by atoms with E-state index in [9.17, 15) is 9.59 Å². The number of fused-ring (bicyclic) bond motifs is 3. The lowest BCUT2D eigenvalue weighted by Crippen LogP contribution is -2.64. The molecule has 1 aliphatic carbocycles. The van der Waals surface area contributed by atoms with E-state index in [1.165, 1.54) is 19.3 Å². The molecule has 1 aliphatic heterocycles. The molecular weight excluding hydrogens is 534 g/mol. The van der Waals surface area contributed by atoms with Crippen LogP contribution >= 0.6 is 0 Å². The van der Waals surface area contributed by atoms with Crippen LogP contribution in [-0.2, 0) is 23.4 Å². The second-order valence-electron chi connectivity index (χ2n) is 12.6. The van der Waals surface area contributed by atoms with Crippen LogP contribution in [0.4, 0.5) is 0 Å². The van der Waals surface area contributed by atoms with E-state index in [-0.39, 0.29) is 24.0 Å². The summed E-state index contributed by atoms with van der Waals surface area (Å²) in [7, 11) is 0. The minimum absolute atomic E-state index is 0.0720. The maximum atomic E-state index is 14.9. The van der Waals surface area contributed by atoms with Crippen LogP contribution in [0.2, 0.25) is 0 Å². The van der Waals surface area contributed by atoms with Crippen LogP contribution in [0.5, 0.6) is 5.75 Å². The van der Waals surface area contributed by atoms with Crippen molar-refractivity contribution in [2.24, 2.45) is 0 Å². The molecule has 1 fully saturated rings. The molecule has 1 saturated carbocycles. The second-order valence-corrected chi connectivity index (χ2v) is 12.6. The van der Waals surface area contributed by atoms with Crippen LogP contribution in [0.3, 0.4) is 0 Å². The molecule has 6 nitrogen and oxygen atoms in total. The molecule has 0 unspecified atom stereocenters. The average Bonchev–Trinajstić information content (AvgIpc) is 3.34. The van der Waals surface area contributed by atoms with Crippen molar-refractivity contribution in [2.45, 2.75) is 96.5 Å². The first kappa shape index (κ1) is 29.0. The highest BCUT2D eigenvalue weighted by atomic mass is 16.5. The number of nitrogens with one attached hydrogen (secondary N) is 1. The maximum absolute atomic E-state index is 14.9. The molecule has 2 aliphatic rings. The zero-order chi connectivity index (χ0) is 30.0. The van der Waals surface area contributed by atoms with Crippen molar-refractivity contribution in [3.63, 3.8) is 0 Å². The minimum atomic E-state index is -1.23. The Hall–Kier alpha value is -4.06. The lowest BCUT2D eigenvalue weighted by Gasteiger charge is -2.47. The number of ether oxygens (including phenoxy) is 1. The highest BCUT2D eigenvalue weighted by molar-refractivity contribution is 6.04. The summed E-state index contributed by atoms with van der Waals surface area (Å²) in [5.74, 6) is 0.549. The predicted molar refractivity (Wildman–Crippen MR) is 171 cm³/mol. The fraction of sp³-hybridized carbons (Fsp3) is 0.405. The molecule has 0 radical (unpaired) electrons. The highest BCUT2D eigenvalue weighted by Gasteiger charge is 2.52. The van der Waals surface area contributed by atoms with E-state index < -0.39 is 5.54 Å². The Kier molecular flexibility index (Phi) is 8.29. The number of benzene rings is 3. The van der Waals surface area contributed by atoms with Crippen molar-refractivity contribution < 1.29 is 14.3 Å². The number of carbonyl (C=O) groups is 2. The molecule has 0 saturated heterocycles. The van der Waals surface area contributed by atoms with E-state index in [1.807, 2.05) is 79.4 Å². The number of aryl methyl sites for hydroxylation is 1. The number of rotatable bonds is 7. The number of hydrogen-bond donors (Lipinski definition) is 1. The molecule has 1 N–H and O–H groups in total. The first-order chi connectivity index (χ1) is 20.8. The molecule has 4 aromatic rings. The molecule has 3 aromatic carbocycles. The minimum Gasteiger partial charge on any atom is -0.491 e. The third kappa shape index (κ3) is 5.80. The van der Waals surface area contributed by atoms with Gasteiger partial charge in [-0.15, -0.1) is 0 Å². The van der Waals surface area contributed by atoms with Crippen LogP contribution in [0, 0.1) is 6.92 Å². The van der Waals surface area contributed by atoms with Gasteiger partial charge in [0, 0.05) is 23.5 Å². The van der Waals surface area contributed by atoms with Gasteiger partial charge in [0.05, 0.1) is 12.6 Å². The number of hydrogen-bond acceptors (Lipinski definition) is 3. The monoisotopic (exact) mass is 577 g/mol. The molecule has 6 rings (SSSR count). The predicted octanol–water partition coefficient (Wildman–Crippen LogP) is 7.52. The lowest BCUT2D eigenvalue weighted by atomic mass is 9.83. The molecular formula is C37H43N3O3. The third-order valence-electron chi connectivity index (χ3n) is 9.07. The first-order valence-corrected chi connectivity index (χ1v) is 15.9. The van der Waals surface area contributed by atoms with Crippen LogP contribution in [0.15, 0.2) is 78.9 Å². The summed E-state index contributed by atoms with van der Waals surface area (Å²) in [5.41, 5.74) is 3.27. The van der Waals surface area contributed by atoms with Gasteiger partial charge in [0.15, 0.2) is 5.54 Å². The molecule has 6 heteroatoms. The van der Waals surface area contributed by atoms with Crippen molar-refractivity contribution >= 4 is 22.7 Å². The molecule has 0 spiro atoms. The van der Waals surface area contributed by atoms with Gasteiger partial charge in [-0.1, -0.05) is 86.7 Å². The summed E-state index contributed by atoms with van der Waals surface area (Å²) in [6.45, 7) is 6.72. The Morgan fingerprint density at radius 2 is 1.63 bits per heavy atom. The van der Waals surface area contributed by atoms with Crippen molar-refractivity contribution in [3.05, 3.63) is 101 Å². The van der Waals surface area contributed by atoms with Crippen LogP contribution in [0.1, 0.15) is 86.0 Å². The normalized spacial score (nSPS) is 19.6. The van der Waals surface area contributed by atoms with Crippen molar-refractivity contribution in [2.75, 3.05) is 0 Å². The van der Waals surface area contributed by atoms with Crippen molar-refractivity contribution in [1.29, 1.82) is 0 Å². The van der Waals surface area contributed by atoms with Crippen molar-refractivity contribution in [1.82, 2.24) is 14.8 Å². The smallest absolute Gasteiger partial charge is 0.272 e. The van der Waals surface area contributed by atoms with Crippen LogP contribution in [0.25, 0.3) is 10.9 Å². The fourth-order valence-corrected chi connectivity index (χ4v) is 6.86. The fourth-order valence-electron chi connectivity index (χ4n) is 6.86. The standard InChI is InChI=1S/C37H43N3O3/c1-26(2)43-32-20-17-28(18-21-32)24-40-35(41)34-23-29-19-16-27(3)22-33(29)39(34)25-37(40,30-12-8-7-9-13-30)36(42)38-31-14-10-5-4-6-11-15-31/h7-9,12-13,16-23,26,31H,4-6,10-11,14-15,24-25H2,1-3H3,(H,38,42)/t37-/m0/s1. The van der Waals surface area contributed by atoms with Gasteiger partial charge in [-0.25, -0.2) is 0 Å². The number of nitrogens with zero attached hydrogens (tertiary/aromatic N) is 2. The molecule has 1 aromatic heterocycles. The number of aromatic nitrogens is 1. The van der Waals surface area contributed by atoms with E-state index in [2.05, 4.69) is 35.0 Å². The van der Waals surface area contributed by atoms with E-state index in [0.717, 1.165) is 59.0 Å². The Labute approximate surface area is 255 Å². The Bertz CT molecular complexity index is 1580. The largest absolute Gasteiger partial charge is 0.491 e. The highest BCUT2D eigenvalue weighted by Crippen LogP contribution is 2.41. The Morgan fingerprint density at radius 1 is 0.930 bits per heavy atom. The van der Waals surface area contributed by atoms with E-state index in [4.69, 9.17) is 4.74 Å². The van der Waals surface area contributed by atoms with Crippen molar-refractivity contribution in [3.8, 4) is 5.75 Å². The summed E-state index contributed by atoms with van der Waals surface area (Å²) in [5, 5.41) is 4.49. The molecule has 0 bridgehead atoms. The van der Waals surface area contributed by atoms with Gasteiger partial charge in [0.2, 0.25) is 0 Å². The van der Waals surface area contributed by atoms with Gasteiger partial charge < -0.3 is 19.5 Å². The Balaban J connectivity index is 1.48. The Morgan fingerprint density at radius 3 is 2.33 bits per heavy atom. The topological polar surface area (TPSA) is 63.6 Å². The lowest BCUT2D eigenvalue weighted by molar-refractivity contribution is -0.136. The van der Waals surface area contributed by atoms with Gasteiger partial charge >= 0.3 is 0 Å². The maximum Gasteiger partial charge on any atom is 0.272 e. The zero-order valence-electron chi connectivity index (χ0n) is 25.6. The van der Waals surface area contributed by atoms with Gasteiger partial charge in [-0.05, 0) is 74.6 Å². The first-order valence-electron chi connectivity index (χ1n) is 15.9. The zero-order valence-corrected chi connectivity index (χ0v) is 25.6. The van der Waals surface area contributed by atoms with E-state index >= 15 is 0 Å². The van der Waals surface area contributed by atoms with Gasteiger partial charge in [-0.3, -0.25) is 9.59 Å². The summed E-state index contributed by atoms with van der Waals surface area (Å²) in [4.78, 5) is 31.4. The van der Waals surface area contributed by atoms with Crippen LogP contribution in [-0.4, -0.2) is 33.4 Å². The van der Waals surface area contributed by atoms with E-state index in [1.54, 1.807) is 0 Å². The summed E-state index contributed by atoms with van der Waals surface area (Å²) in [6, 6.07) is 26.1. The second kappa shape index (κ2) is 12.3. The van der Waals surface area contributed by atoms with E-state index in [0.29, 0.717) is 18.8 Å². The quantitative estimate of drug-likeness (QED) is 0.247. The molecule has 43 heavy (non-hydrogen) atoms. The summed E-state index contributed by atoms with van der Waals surface area (Å²) >= 11 is 0. The third-order valence-corrected chi connectivity index (χ3v) is 9.07. The summed E-state index contributed by atoms with van der Waals surface area (Å²) < 4.78 is 7.95. The van der Waals surface area contributed by atoms with Crippen LogP contribution < -0.4 is 10.1 Å². The number of amides is 2. The van der Waals surface area contributed by atoms with Gasteiger partial charge in [0.1, 0.15) is 11.4 Å². The molecule has 2 amide bonds. The molecule has 224 valence electrons. The summed E-state index contributed by atoms with van der Waals surface area (Å²) in [6.07, 6.45) is 7.91. The van der Waals surface area contributed by atoms with Gasteiger partial charge in [0.25, 0.3) is 11.8 Å².